The zero-order chi connectivity index (χ0) is 14.0. The van der Waals surface area contributed by atoms with Gasteiger partial charge in [-0.25, -0.2) is 0 Å². The first-order valence-electron chi connectivity index (χ1n) is 7.55. The van der Waals surface area contributed by atoms with E-state index in [2.05, 4.69) is 63.0 Å². The predicted octanol–water partition coefficient (Wildman–Crippen LogP) is 3.59. The molecule has 2 atom stereocenters. The van der Waals surface area contributed by atoms with Crippen molar-refractivity contribution in [3.8, 4) is 0 Å². The minimum absolute atomic E-state index is 0.541. The zero-order valence-electron chi connectivity index (χ0n) is 13.0. The molecule has 1 aromatic rings. The Balaban J connectivity index is 2.06. The molecule has 0 bridgehead atoms. The Bertz CT molecular complexity index is 415. The molecule has 1 aliphatic rings. The summed E-state index contributed by atoms with van der Waals surface area (Å²) in [6.07, 6.45) is 0. The van der Waals surface area contributed by atoms with Gasteiger partial charge < -0.3 is 10.2 Å². The van der Waals surface area contributed by atoms with E-state index in [1.807, 2.05) is 0 Å². The largest absolute Gasteiger partial charge is 0.371 e. The average Bonchev–Trinajstić information content (AvgIpc) is 2.68. The first-order chi connectivity index (χ1) is 8.97. The molecule has 2 heteroatoms. The molecule has 2 rings (SSSR count). The fourth-order valence-corrected chi connectivity index (χ4v) is 2.73. The van der Waals surface area contributed by atoms with Crippen molar-refractivity contribution in [3.05, 3.63) is 29.3 Å². The van der Waals surface area contributed by atoms with Crippen molar-refractivity contribution in [2.24, 2.45) is 11.8 Å². The summed E-state index contributed by atoms with van der Waals surface area (Å²) in [6, 6.07) is 7.46. The van der Waals surface area contributed by atoms with Crippen LogP contribution in [0.2, 0.25) is 0 Å². The Kier molecular flexibility index (Phi) is 4.51. The normalized spacial score (nSPS) is 23.4. The van der Waals surface area contributed by atoms with E-state index in [9.17, 15) is 0 Å². The van der Waals surface area contributed by atoms with Crippen LogP contribution in [0.15, 0.2) is 18.2 Å². The summed E-state index contributed by atoms with van der Waals surface area (Å²) in [5, 5.41) is 3.49. The van der Waals surface area contributed by atoms with Crippen LogP contribution in [-0.2, 0) is 6.54 Å². The molecule has 2 unspecified atom stereocenters. The number of anilines is 1. The minimum Gasteiger partial charge on any atom is -0.371 e. The monoisotopic (exact) mass is 260 g/mol. The zero-order valence-corrected chi connectivity index (χ0v) is 13.0. The summed E-state index contributed by atoms with van der Waals surface area (Å²) in [5.74, 6) is 1.62. The smallest absolute Gasteiger partial charge is 0.0369 e. The molecule has 19 heavy (non-hydrogen) atoms. The Labute approximate surface area is 118 Å². The van der Waals surface area contributed by atoms with Gasteiger partial charge in [-0.05, 0) is 42.0 Å². The molecule has 0 amide bonds. The van der Waals surface area contributed by atoms with Crippen LogP contribution in [0.5, 0.6) is 0 Å². The molecular formula is C17H28N2. The van der Waals surface area contributed by atoms with Crippen LogP contribution in [0.4, 0.5) is 5.69 Å². The molecule has 1 N–H and O–H groups in total. The lowest BCUT2D eigenvalue weighted by molar-refractivity contribution is 0.494. The van der Waals surface area contributed by atoms with Gasteiger partial charge in [0, 0.05) is 31.4 Å². The van der Waals surface area contributed by atoms with Gasteiger partial charge >= 0.3 is 0 Å². The van der Waals surface area contributed by atoms with Crippen molar-refractivity contribution in [3.63, 3.8) is 0 Å². The topological polar surface area (TPSA) is 15.3 Å². The van der Waals surface area contributed by atoms with E-state index >= 15 is 0 Å². The van der Waals surface area contributed by atoms with Gasteiger partial charge in [-0.1, -0.05) is 33.8 Å². The maximum absolute atomic E-state index is 3.49. The lowest BCUT2D eigenvalue weighted by Gasteiger charge is -2.20. The third-order valence-electron chi connectivity index (χ3n) is 4.38. The second-order valence-electron chi connectivity index (χ2n) is 6.51. The molecule has 0 aliphatic carbocycles. The predicted molar refractivity (Wildman–Crippen MR) is 83.7 cm³/mol. The van der Waals surface area contributed by atoms with Crippen LogP contribution < -0.4 is 10.2 Å². The Morgan fingerprint density at radius 3 is 2.37 bits per heavy atom. The molecule has 1 fully saturated rings. The van der Waals surface area contributed by atoms with Crippen LogP contribution in [-0.4, -0.2) is 19.1 Å². The molecule has 1 aromatic carbocycles. The second kappa shape index (κ2) is 5.96. The van der Waals surface area contributed by atoms with E-state index < -0.39 is 0 Å². The molecule has 106 valence electrons. The van der Waals surface area contributed by atoms with Gasteiger partial charge in [0.15, 0.2) is 0 Å². The molecule has 1 aliphatic heterocycles. The van der Waals surface area contributed by atoms with Gasteiger partial charge in [0.05, 0.1) is 0 Å². The molecule has 0 spiro atoms. The van der Waals surface area contributed by atoms with E-state index in [0.29, 0.717) is 6.04 Å². The quantitative estimate of drug-likeness (QED) is 0.890. The third kappa shape index (κ3) is 3.50. The molecule has 1 heterocycles. The van der Waals surface area contributed by atoms with Gasteiger partial charge in [-0.3, -0.25) is 0 Å². The summed E-state index contributed by atoms with van der Waals surface area (Å²) >= 11 is 0. The number of rotatable bonds is 4. The van der Waals surface area contributed by atoms with Crippen LogP contribution >= 0.6 is 0 Å². The highest BCUT2D eigenvalue weighted by Gasteiger charge is 2.26. The highest BCUT2D eigenvalue weighted by atomic mass is 15.2. The number of benzene rings is 1. The molecule has 0 radical (unpaired) electrons. The van der Waals surface area contributed by atoms with Crippen molar-refractivity contribution in [1.82, 2.24) is 5.32 Å². The van der Waals surface area contributed by atoms with Gasteiger partial charge in [0.25, 0.3) is 0 Å². The van der Waals surface area contributed by atoms with E-state index in [0.717, 1.165) is 18.4 Å². The SMILES string of the molecule is Cc1cc(N2CC(C)C(C)C2)ccc1CNC(C)C. The second-order valence-corrected chi connectivity index (χ2v) is 6.51. The molecular weight excluding hydrogens is 232 g/mol. The van der Waals surface area contributed by atoms with E-state index in [4.69, 9.17) is 0 Å². The van der Waals surface area contributed by atoms with Gasteiger partial charge in [-0.2, -0.15) is 0 Å². The Morgan fingerprint density at radius 1 is 1.21 bits per heavy atom. The number of aryl methyl sites for hydroxylation is 1. The van der Waals surface area contributed by atoms with E-state index in [1.54, 1.807) is 0 Å². The van der Waals surface area contributed by atoms with Crippen molar-refractivity contribution in [2.75, 3.05) is 18.0 Å². The summed E-state index contributed by atoms with van der Waals surface area (Å²) in [7, 11) is 0. The first kappa shape index (κ1) is 14.4. The lowest BCUT2D eigenvalue weighted by Crippen LogP contribution is -2.23. The van der Waals surface area contributed by atoms with Crippen molar-refractivity contribution >= 4 is 5.69 Å². The summed E-state index contributed by atoms with van der Waals surface area (Å²) in [6.45, 7) is 14.7. The standard InChI is InChI=1S/C17H28N2/c1-12(2)18-9-16-6-7-17(8-13(16)3)19-10-14(4)15(5)11-19/h6-8,12,14-15,18H,9-11H2,1-5H3. The van der Waals surface area contributed by atoms with Gasteiger partial charge in [0.2, 0.25) is 0 Å². The number of nitrogens with zero attached hydrogens (tertiary/aromatic N) is 1. The fraction of sp³-hybridized carbons (Fsp3) is 0.647. The van der Waals surface area contributed by atoms with Crippen molar-refractivity contribution < 1.29 is 0 Å². The third-order valence-corrected chi connectivity index (χ3v) is 4.38. The highest BCUT2D eigenvalue weighted by Crippen LogP contribution is 2.28. The molecule has 0 saturated carbocycles. The summed E-state index contributed by atoms with van der Waals surface area (Å²) in [5.41, 5.74) is 4.21. The van der Waals surface area contributed by atoms with Crippen LogP contribution in [0.3, 0.4) is 0 Å². The minimum atomic E-state index is 0.541. The highest BCUT2D eigenvalue weighted by molar-refractivity contribution is 5.51. The van der Waals surface area contributed by atoms with Crippen LogP contribution in [0, 0.1) is 18.8 Å². The first-order valence-corrected chi connectivity index (χ1v) is 7.55. The lowest BCUT2D eigenvalue weighted by atomic mass is 10.0. The summed E-state index contributed by atoms with van der Waals surface area (Å²) in [4.78, 5) is 2.53. The number of nitrogens with one attached hydrogen (secondary N) is 1. The number of hydrogen-bond acceptors (Lipinski definition) is 2. The fourth-order valence-electron chi connectivity index (χ4n) is 2.73. The van der Waals surface area contributed by atoms with E-state index in [-0.39, 0.29) is 0 Å². The van der Waals surface area contributed by atoms with Gasteiger partial charge in [-0.15, -0.1) is 0 Å². The summed E-state index contributed by atoms with van der Waals surface area (Å²) < 4.78 is 0. The molecule has 0 aromatic heterocycles. The van der Waals surface area contributed by atoms with E-state index in [1.165, 1.54) is 29.9 Å². The van der Waals surface area contributed by atoms with Crippen LogP contribution in [0.25, 0.3) is 0 Å². The molecule has 1 saturated heterocycles. The maximum Gasteiger partial charge on any atom is 0.0369 e. The van der Waals surface area contributed by atoms with Crippen LogP contribution in [0.1, 0.15) is 38.8 Å². The molecule has 2 nitrogen and oxygen atoms in total. The van der Waals surface area contributed by atoms with Crippen molar-refractivity contribution in [2.45, 2.75) is 47.2 Å². The Morgan fingerprint density at radius 2 is 1.84 bits per heavy atom. The Hall–Kier alpha value is -1.02. The maximum atomic E-state index is 3.49. The van der Waals surface area contributed by atoms with Crippen molar-refractivity contribution in [1.29, 1.82) is 0 Å². The number of hydrogen-bond donors (Lipinski definition) is 1. The average molecular weight is 260 g/mol. The van der Waals surface area contributed by atoms with Gasteiger partial charge in [0.1, 0.15) is 0 Å².